The minimum atomic E-state index is -0.273. The van der Waals surface area contributed by atoms with E-state index in [-0.39, 0.29) is 5.82 Å². The zero-order chi connectivity index (χ0) is 15.5. The van der Waals surface area contributed by atoms with Crippen molar-refractivity contribution in [3.8, 4) is 17.5 Å². The molecule has 3 aromatic rings. The number of hydrogen-bond donors (Lipinski definition) is 0. The van der Waals surface area contributed by atoms with Gasteiger partial charge in [0.05, 0.1) is 6.07 Å². The predicted octanol–water partition coefficient (Wildman–Crippen LogP) is 3.85. The van der Waals surface area contributed by atoms with Crippen LogP contribution in [0.1, 0.15) is 18.4 Å². The number of aromatic nitrogens is 3. The predicted molar refractivity (Wildman–Crippen MR) is 82.5 cm³/mol. The van der Waals surface area contributed by atoms with Crippen LogP contribution < -0.4 is 0 Å². The van der Waals surface area contributed by atoms with Crippen molar-refractivity contribution in [3.05, 3.63) is 47.9 Å². The van der Waals surface area contributed by atoms with E-state index < -0.39 is 0 Å². The van der Waals surface area contributed by atoms with Crippen LogP contribution in [0.25, 0.3) is 22.6 Å². The van der Waals surface area contributed by atoms with Crippen molar-refractivity contribution in [3.63, 3.8) is 0 Å². The quantitative estimate of drug-likeness (QED) is 0.687. The average molecular weight is 294 g/mol. The van der Waals surface area contributed by atoms with E-state index >= 15 is 0 Å². The first kappa shape index (κ1) is 14.2. The van der Waals surface area contributed by atoms with Crippen molar-refractivity contribution in [2.45, 2.75) is 26.3 Å². The summed E-state index contributed by atoms with van der Waals surface area (Å²) in [5.74, 6) is 0.482. The molecule has 5 heteroatoms. The highest BCUT2D eigenvalue weighted by Crippen LogP contribution is 2.25. The molecule has 22 heavy (non-hydrogen) atoms. The molecule has 2 aromatic heterocycles. The molecule has 2 heterocycles. The summed E-state index contributed by atoms with van der Waals surface area (Å²) in [5.41, 5.74) is 3.49. The number of nitriles is 1. The first-order valence-electron chi connectivity index (χ1n) is 7.15. The molecule has 0 amide bonds. The van der Waals surface area contributed by atoms with Gasteiger partial charge in [-0.1, -0.05) is 0 Å². The minimum Gasteiger partial charge on any atom is -0.309 e. The summed E-state index contributed by atoms with van der Waals surface area (Å²) < 4.78 is 15.1. The lowest BCUT2D eigenvalue weighted by Crippen LogP contribution is -2.02. The van der Waals surface area contributed by atoms with Gasteiger partial charge in [0.1, 0.15) is 17.2 Å². The number of unbranched alkanes of at least 4 members (excludes halogenated alkanes) is 1. The van der Waals surface area contributed by atoms with Gasteiger partial charge in [-0.05, 0) is 49.2 Å². The number of hydrogen-bond acceptors (Lipinski definition) is 3. The summed E-state index contributed by atoms with van der Waals surface area (Å²) in [4.78, 5) is 9.11. The van der Waals surface area contributed by atoms with Crippen molar-refractivity contribution in [1.82, 2.24) is 14.5 Å². The van der Waals surface area contributed by atoms with Gasteiger partial charge < -0.3 is 4.57 Å². The van der Waals surface area contributed by atoms with E-state index in [0.29, 0.717) is 13.0 Å². The number of imidazole rings is 1. The van der Waals surface area contributed by atoms with Gasteiger partial charge in [-0.2, -0.15) is 5.26 Å². The fourth-order valence-corrected chi connectivity index (χ4v) is 2.46. The Balaban J connectivity index is 2.12. The zero-order valence-electron chi connectivity index (χ0n) is 12.3. The number of rotatable bonds is 4. The third-order valence-corrected chi connectivity index (χ3v) is 3.49. The molecule has 0 aliphatic heterocycles. The van der Waals surface area contributed by atoms with E-state index in [1.807, 2.05) is 17.6 Å². The lowest BCUT2D eigenvalue weighted by molar-refractivity contribution is 0.627. The topological polar surface area (TPSA) is 54.5 Å². The number of aryl methyl sites for hydroxylation is 2. The fraction of sp³-hybridized carbons (Fsp3) is 0.235. The molecule has 110 valence electrons. The number of fused-ring (bicyclic) bond motifs is 1. The number of nitrogens with zero attached hydrogens (tertiary/aromatic N) is 4. The average Bonchev–Trinajstić information content (AvgIpc) is 2.86. The van der Waals surface area contributed by atoms with Gasteiger partial charge in [0.25, 0.3) is 0 Å². The van der Waals surface area contributed by atoms with Crippen molar-refractivity contribution in [2.75, 3.05) is 0 Å². The summed E-state index contributed by atoms with van der Waals surface area (Å²) in [6.07, 6.45) is 3.01. The van der Waals surface area contributed by atoms with Crippen LogP contribution in [0.2, 0.25) is 0 Å². The molecular formula is C17H15FN4. The Morgan fingerprint density at radius 3 is 2.77 bits per heavy atom. The van der Waals surface area contributed by atoms with Gasteiger partial charge >= 0.3 is 0 Å². The molecule has 0 saturated carbocycles. The largest absolute Gasteiger partial charge is 0.309 e. The smallest absolute Gasteiger partial charge is 0.160 e. The van der Waals surface area contributed by atoms with Crippen LogP contribution >= 0.6 is 0 Å². The van der Waals surface area contributed by atoms with Crippen LogP contribution in [0, 0.1) is 24.1 Å². The van der Waals surface area contributed by atoms with Gasteiger partial charge in [-0.3, -0.25) is 0 Å². The second-order valence-corrected chi connectivity index (χ2v) is 5.21. The van der Waals surface area contributed by atoms with Crippen LogP contribution in [-0.2, 0) is 6.54 Å². The van der Waals surface area contributed by atoms with E-state index in [9.17, 15) is 4.39 Å². The normalized spacial score (nSPS) is 10.8. The first-order chi connectivity index (χ1) is 10.7. The maximum Gasteiger partial charge on any atom is 0.160 e. The third kappa shape index (κ3) is 2.68. The van der Waals surface area contributed by atoms with E-state index in [1.165, 1.54) is 12.1 Å². The summed E-state index contributed by atoms with van der Waals surface area (Å²) in [6, 6.07) is 10.4. The molecule has 0 aliphatic carbocycles. The van der Waals surface area contributed by atoms with Crippen molar-refractivity contribution < 1.29 is 4.39 Å². The van der Waals surface area contributed by atoms with Crippen molar-refractivity contribution in [1.29, 1.82) is 5.26 Å². The molecule has 1 aromatic carbocycles. The highest BCUT2D eigenvalue weighted by Gasteiger charge is 2.13. The Kier molecular flexibility index (Phi) is 3.84. The maximum atomic E-state index is 13.1. The zero-order valence-corrected chi connectivity index (χ0v) is 12.3. The number of pyridine rings is 1. The molecular weight excluding hydrogens is 279 g/mol. The van der Waals surface area contributed by atoms with E-state index in [0.717, 1.165) is 34.5 Å². The Hall–Kier alpha value is -2.74. The molecule has 0 radical (unpaired) electrons. The highest BCUT2D eigenvalue weighted by atomic mass is 19.1. The number of benzene rings is 1. The van der Waals surface area contributed by atoms with E-state index in [4.69, 9.17) is 5.26 Å². The Morgan fingerprint density at radius 2 is 2.05 bits per heavy atom. The lowest BCUT2D eigenvalue weighted by atomic mass is 10.2. The van der Waals surface area contributed by atoms with Crippen LogP contribution in [0.5, 0.6) is 0 Å². The molecule has 0 bridgehead atoms. The van der Waals surface area contributed by atoms with Crippen LogP contribution in [0.3, 0.4) is 0 Å². The monoisotopic (exact) mass is 294 g/mol. The molecule has 0 N–H and O–H groups in total. The molecule has 0 saturated heterocycles. The standard InChI is InChI=1S/C17H15FN4/c1-12-10-15-17(20-11-12)22(9-3-2-8-19)16(21-15)13-4-6-14(18)7-5-13/h4-7,10-11H,2-3,9H2,1H3. The SMILES string of the molecule is Cc1cnc2c(c1)nc(-c1ccc(F)cc1)n2CCCC#N. The maximum absolute atomic E-state index is 13.1. The molecule has 0 fully saturated rings. The fourth-order valence-electron chi connectivity index (χ4n) is 2.46. The molecule has 0 atom stereocenters. The van der Waals surface area contributed by atoms with Gasteiger partial charge in [-0.15, -0.1) is 0 Å². The van der Waals surface area contributed by atoms with Gasteiger partial charge in [0.2, 0.25) is 0 Å². The summed E-state index contributed by atoms with van der Waals surface area (Å²) in [6.45, 7) is 2.63. The lowest BCUT2D eigenvalue weighted by Gasteiger charge is -2.07. The van der Waals surface area contributed by atoms with E-state index in [2.05, 4.69) is 16.0 Å². The van der Waals surface area contributed by atoms with Crippen molar-refractivity contribution in [2.24, 2.45) is 0 Å². The molecule has 0 spiro atoms. The summed E-state index contributed by atoms with van der Waals surface area (Å²) >= 11 is 0. The molecule has 4 nitrogen and oxygen atoms in total. The minimum absolute atomic E-state index is 0.273. The first-order valence-corrected chi connectivity index (χ1v) is 7.15. The number of halogens is 1. The third-order valence-electron chi connectivity index (χ3n) is 3.49. The summed E-state index contributed by atoms with van der Waals surface area (Å²) in [5, 5.41) is 8.73. The van der Waals surface area contributed by atoms with Gasteiger partial charge in [-0.25, -0.2) is 14.4 Å². The second kappa shape index (κ2) is 5.94. The van der Waals surface area contributed by atoms with Gasteiger partial charge in [0, 0.05) is 24.7 Å². The highest BCUT2D eigenvalue weighted by molar-refractivity contribution is 5.77. The van der Waals surface area contributed by atoms with Crippen molar-refractivity contribution >= 4 is 11.2 Å². The Bertz CT molecular complexity index is 843. The van der Waals surface area contributed by atoms with Crippen LogP contribution in [-0.4, -0.2) is 14.5 Å². The summed E-state index contributed by atoms with van der Waals surface area (Å²) in [7, 11) is 0. The van der Waals surface area contributed by atoms with E-state index in [1.54, 1.807) is 18.3 Å². The molecule has 0 unspecified atom stereocenters. The van der Waals surface area contributed by atoms with Crippen LogP contribution in [0.4, 0.5) is 4.39 Å². The molecule has 3 rings (SSSR count). The Morgan fingerprint density at radius 1 is 1.27 bits per heavy atom. The molecule has 0 aliphatic rings. The van der Waals surface area contributed by atoms with Gasteiger partial charge in [0.15, 0.2) is 5.65 Å². The Labute approximate surface area is 127 Å². The second-order valence-electron chi connectivity index (χ2n) is 5.21. The van der Waals surface area contributed by atoms with Crippen LogP contribution in [0.15, 0.2) is 36.5 Å².